The molecule has 2 aromatic rings. The fourth-order valence-corrected chi connectivity index (χ4v) is 1.68. The molecule has 5 nitrogen and oxygen atoms in total. The van der Waals surface area contributed by atoms with Crippen molar-refractivity contribution in [2.75, 3.05) is 0 Å². The van der Waals surface area contributed by atoms with Crippen molar-refractivity contribution in [3.8, 4) is 17.6 Å². The number of hydrogen-bond acceptors (Lipinski definition) is 4. The van der Waals surface area contributed by atoms with E-state index in [1.54, 1.807) is 6.07 Å². The van der Waals surface area contributed by atoms with Gasteiger partial charge in [0.25, 0.3) is 0 Å². The summed E-state index contributed by atoms with van der Waals surface area (Å²) in [4.78, 5) is 10.2. The molecule has 0 spiro atoms. The van der Waals surface area contributed by atoms with E-state index in [2.05, 4.69) is 0 Å². The first-order valence-corrected chi connectivity index (χ1v) is 5.85. The lowest BCUT2D eigenvalue weighted by Crippen LogP contribution is -2.04. The van der Waals surface area contributed by atoms with Gasteiger partial charge in [0, 0.05) is 12.1 Å². The van der Waals surface area contributed by atoms with Gasteiger partial charge in [0.1, 0.15) is 5.75 Å². The SMILES string of the molecule is N#Cc1ccc([N+](=O)[O-])c(Oc2cccc(C(F)(F)F)c2)c1. The van der Waals surface area contributed by atoms with E-state index in [1.807, 2.05) is 0 Å². The molecule has 0 aliphatic carbocycles. The van der Waals surface area contributed by atoms with Crippen LogP contribution in [-0.2, 0) is 6.18 Å². The first kappa shape index (κ1) is 15.3. The molecule has 0 aliphatic heterocycles. The first-order chi connectivity index (χ1) is 10.3. The summed E-state index contributed by atoms with van der Waals surface area (Å²) in [7, 11) is 0. The lowest BCUT2D eigenvalue weighted by molar-refractivity contribution is -0.385. The monoisotopic (exact) mass is 308 g/mol. The van der Waals surface area contributed by atoms with E-state index in [9.17, 15) is 23.3 Å². The largest absolute Gasteiger partial charge is 0.450 e. The van der Waals surface area contributed by atoms with Gasteiger partial charge in [-0.15, -0.1) is 0 Å². The van der Waals surface area contributed by atoms with Crippen LogP contribution >= 0.6 is 0 Å². The van der Waals surface area contributed by atoms with Gasteiger partial charge in [0.15, 0.2) is 0 Å². The van der Waals surface area contributed by atoms with Gasteiger partial charge in [-0.2, -0.15) is 18.4 Å². The van der Waals surface area contributed by atoms with Gasteiger partial charge in [0.2, 0.25) is 5.75 Å². The molecule has 0 bridgehead atoms. The van der Waals surface area contributed by atoms with Crippen LogP contribution in [0.3, 0.4) is 0 Å². The highest BCUT2D eigenvalue weighted by molar-refractivity contribution is 5.53. The molecule has 0 N–H and O–H groups in total. The highest BCUT2D eigenvalue weighted by Gasteiger charge is 2.30. The van der Waals surface area contributed by atoms with Crippen LogP contribution in [0.15, 0.2) is 42.5 Å². The summed E-state index contributed by atoms with van der Waals surface area (Å²) in [6.45, 7) is 0. The van der Waals surface area contributed by atoms with Crippen LogP contribution in [0.2, 0.25) is 0 Å². The van der Waals surface area contributed by atoms with E-state index < -0.39 is 22.4 Å². The second-order valence-electron chi connectivity index (χ2n) is 4.18. The summed E-state index contributed by atoms with van der Waals surface area (Å²) in [5, 5.41) is 19.7. The summed E-state index contributed by atoms with van der Waals surface area (Å²) in [6, 6.07) is 9.08. The Balaban J connectivity index is 2.43. The number of benzene rings is 2. The number of halogens is 3. The van der Waals surface area contributed by atoms with Crippen LogP contribution in [0, 0.1) is 21.4 Å². The fourth-order valence-electron chi connectivity index (χ4n) is 1.68. The normalized spacial score (nSPS) is 10.8. The Morgan fingerprint density at radius 3 is 2.50 bits per heavy atom. The predicted octanol–water partition coefficient (Wildman–Crippen LogP) is 4.28. The highest BCUT2D eigenvalue weighted by Crippen LogP contribution is 2.35. The van der Waals surface area contributed by atoms with E-state index in [-0.39, 0.29) is 17.1 Å². The molecule has 0 unspecified atom stereocenters. The molecule has 0 aromatic heterocycles. The molecule has 0 heterocycles. The molecule has 22 heavy (non-hydrogen) atoms. The zero-order valence-electron chi connectivity index (χ0n) is 10.8. The van der Waals surface area contributed by atoms with Gasteiger partial charge < -0.3 is 4.74 Å². The number of ether oxygens (including phenoxy) is 1. The Morgan fingerprint density at radius 1 is 1.18 bits per heavy atom. The molecular weight excluding hydrogens is 301 g/mol. The minimum atomic E-state index is -4.56. The Kier molecular flexibility index (Phi) is 3.99. The maximum absolute atomic E-state index is 12.6. The Hall–Kier alpha value is -3.08. The van der Waals surface area contributed by atoms with Crippen molar-refractivity contribution in [1.82, 2.24) is 0 Å². The van der Waals surface area contributed by atoms with Gasteiger partial charge >= 0.3 is 11.9 Å². The van der Waals surface area contributed by atoms with Gasteiger partial charge in [-0.25, -0.2) is 0 Å². The van der Waals surface area contributed by atoms with Crippen molar-refractivity contribution < 1.29 is 22.8 Å². The summed E-state index contributed by atoms with van der Waals surface area (Å²) in [6.07, 6.45) is -4.56. The molecule has 0 amide bonds. The molecule has 0 fully saturated rings. The number of hydrogen-bond donors (Lipinski definition) is 0. The quantitative estimate of drug-likeness (QED) is 0.626. The van der Waals surface area contributed by atoms with Crippen molar-refractivity contribution >= 4 is 5.69 Å². The number of nitriles is 1. The molecule has 2 aromatic carbocycles. The van der Waals surface area contributed by atoms with Crippen molar-refractivity contribution in [3.63, 3.8) is 0 Å². The summed E-state index contributed by atoms with van der Waals surface area (Å²) in [5.41, 5.74) is -1.30. The van der Waals surface area contributed by atoms with Gasteiger partial charge in [-0.1, -0.05) is 6.07 Å². The van der Waals surface area contributed by atoms with Gasteiger partial charge in [0.05, 0.1) is 22.1 Å². The van der Waals surface area contributed by atoms with Crippen molar-refractivity contribution in [2.24, 2.45) is 0 Å². The first-order valence-electron chi connectivity index (χ1n) is 5.85. The molecule has 0 radical (unpaired) electrons. The maximum Gasteiger partial charge on any atom is 0.416 e. The third kappa shape index (κ3) is 3.32. The third-order valence-corrected chi connectivity index (χ3v) is 2.67. The fraction of sp³-hybridized carbons (Fsp3) is 0.0714. The standard InChI is InChI=1S/C14H7F3N2O3/c15-14(16,17)10-2-1-3-11(7-10)22-13-6-9(8-18)4-5-12(13)19(20)21/h1-7H. The Morgan fingerprint density at radius 2 is 1.91 bits per heavy atom. The van der Waals surface area contributed by atoms with E-state index in [1.165, 1.54) is 12.1 Å². The van der Waals surface area contributed by atoms with Crippen LogP contribution in [0.1, 0.15) is 11.1 Å². The lowest BCUT2D eigenvalue weighted by atomic mass is 10.2. The molecule has 0 saturated carbocycles. The molecule has 2 rings (SSSR count). The maximum atomic E-state index is 12.6. The molecular formula is C14H7F3N2O3. The smallest absolute Gasteiger partial charge is 0.416 e. The average molecular weight is 308 g/mol. The topological polar surface area (TPSA) is 76.2 Å². The minimum Gasteiger partial charge on any atom is -0.450 e. The van der Waals surface area contributed by atoms with Gasteiger partial charge in [-0.05, 0) is 24.3 Å². The van der Waals surface area contributed by atoms with Crippen LogP contribution in [0.25, 0.3) is 0 Å². The average Bonchev–Trinajstić information content (AvgIpc) is 2.46. The zero-order valence-corrected chi connectivity index (χ0v) is 10.8. The van der Waals surface area contributed by atoms with Crippen LogP contribution in [0.5, 0.6) is 11.5 Å². The molecule has 0 atom stereocenters. The number of rotatable bonds is 3. The summed E-state index contributed by atoms with van der Waals surface area (Å²) < 4.78 is 43.0. The van der Waals surface area contributed by atoms with E-state index in [0.29, 0.717) is 0 Å². The predicted molar refractivity (Wildman–Crippen MR) is 69.3 cm³/mol. The van der Waals surface area contributed by atoms with E-state index in [4.69, 9.17) is 10.00 Å². The minimum absolute atomic E-state index is 0.0903. The second-order valence-corrected chi connectivity index (χ2v) is 4.18. The van der Waals surface area contributed by atoms with Crippen LogP contribution < -0.4 is 4.74 Å². The number of nitro benzene ring substituents is 1. The van der Waals surface area contributed by atoms with Crippen molar-refractivity contribution in [2.45, 2.75) is 6.18 Å². The van der Waals surface area contributed by atoms with Crippen molar-refractivity contribution in [3.05, 3.63) is 63.7 Å². The lowest BCUT2D eigenvalue weighted by Gasteiger charge is -2.10. The number of nitrogens with zero attached hydrogens (tertiary/aromatic N) is 2. The Bertz CT molecular complexity index is 767. The van der Waals surface area contributed by atoms with Crippen LogP contribution in [0.4, 0.5) is 18.9 Å². The molecule has 112 valence electrons. The van der Waals surface area contributed by atoms with E-state index >= 15 is 0 Å². The third-order valence-electron chi connectivity index (χ3n) is 2.67. The summed E-state index contributed by atoms with van der Waals surface area (Å²) in [5.74, 6) is -0.517. The van der Waals surface area contributed by atoms with E-state index in [0.717, 1.165) is 30.3 Å². The summed E-state index contributed by atoms with van der Waals surface area (Å²) >= 11 is 0. The molecule has 8 heteroatoms. The number of nitro groups is 1. The zero-order chi connectivity index (χ0) is 16.3. The Labute approximate surface area is 122 Å². The second kappa shape index (κ2) is 5.73. The number of alkyl halides is 3. The van der Waals surface area contributed by atoms with Gasteiger partial charge in [-0.3, -0.25) is 10.1 Å². The van der Waals surface area contributed by atoms with Crippen molar-refractivity contribution in [1.29, 1.82) is 5.26 Å². The van der Waals surface area contributed by atoms with Crippen LogP contribution in [-0.4, -0.2) is 4.92 Å². The molecule has 0 saturated heterocycles. The molecule has 0 aliphatic rings. The highest BCUT2D eigenvalue weighted by atomic mass is 19.4.